The van der Waals surface area contributed by atoms with Gasteiger partial charge in [-0.2, -0.15) is 0 Å². The lowest BCUT2D eigenvalue weighted by molar-refractivity contribution is -0.113. The topological polar surface area (TPSA) is 74.8 Å². The number of hydrogen-bond donors (Lipinski definition) is 2. The summed E-state index contributed by atoms with van der Waals surface area (Å²) in [5.41, 5.74) is 1.40. The van der Waals surface area contributed by atoms with Crippen molar-refractivity contribution in [3.8, 4) is 0 Å². The summed E-state index contributed by atoms with van der Waals surface area (Å²) in [5, 5.41) is 3.76. The quantitative estimate of drug-likeness (QED) is 0.510. The van der Waals surface area contributed by atoms with Crippen molar-refractivity contribution in [3.63, 3.8) is 0 Å². The van der Waals surface area contributed by atoms with E-state index in [0.717, 1.165) is 41.4 Å². The Morgan fingerprint density at radius 2 is 2.33 bits per heavy atom. The van der Waals surface area contributed by atoms with Crippen LogP contribution in [0.3, 0.4) is 0 Å². The van der Waals surface area contributed by atoms with E-state index in [2.05, 4.69) is 22.2 Å². The number of aromatic amines is 1. The van der Waals surface area contributed by atoms with E-state index in [9.17, 15) is 14.0 Å². The summed E-state index contributed by atoms with van der Waals surface area (Å²) in [6.45, 7) is 2.23. The fourth-order valence-corrected chi connectivity index (χ4v) is 5.40. The molecule has 0 fully saturated rings. The SMILES string of the molecule is C[C@@H]1CCc2c(sc3nc(SCC(=O)Nc4cccc(F)c4)[nH]c(=O)c23)C1. The molecule has 8 heteroatoms. The second kappa shape index (κ2) is 7.44. The smallest absolute Gasteiger partial charge is 0.260 e. The summed E-state index contributed by atoms with van der Waals surface area (Å²) >= 11 is 2.75. The van der Waals surface area contributed by atoms with Crippen LogP contribution in [0, 0.1) is 11.7 Å². The first-order valence-corrected chi connectivity index (χ1v) is 10.5. The van der Waals surface area contributed by atoms with Crippen LogP contribution < -0.4 is 10.9 Å². The molecule has 140 valence electrons. The number of aryl methyl sites for hydroxylation is 1. The molecule has 1 aliphatic rings. The van der Waals surface area contributed by atoms with Gasteiger partial charge in [0.2, 0.25) is 5.91 Å². The van der Waals surface area contributed by atoms with Gasteiger partial charge in [0.05, 0.1) is 11.1 Å². The predicted octanol–water partition coefficient (Wildman–Crippen LogP) is 3.98. The van der Waals surface area contributed by atoms with Crippen LogP contribution >= 0.6 is 23.1 Å². The van der Waals surface area contributed by atoms with Gasteiger partial charge < -0.3 is 10.3 Å². The summed E-state index contributed by atoms with van der Waals surface area (Å²) in [7, 11) is 0. The van der Waals surface area contributed by atoms with Crippen LogP contribution in [0.1, 0.15) is 23.8 Å². The fraction of sp³-hybridized carbons (Fsp3) is 0.316. The highest BCUT2D eigenvalue weighted by atomic mass is 32.2. The highest BCUT2D eigenvalue weighted by Crippen LogP contribution is 2.36. The number of H-pyrrole nitrogens is 1. The van der Waals surface area contributed by atoms with Crippen LogP contribution in [0.4, 0.5) is 10.1 Å². The Labute approximate surface area is 163 Å². The van der Waals surface area contributed by atoms with E-state index in [4.69, 9.17) is 0 Å². The van der Waals surface area contributed by atoms with Crippen LogP contribution in [0.15, 0.2) is 34.2 Å². The second-order valence-corrected chi connectivity index (χ2v) is 8.80. The van der Waals surface area contributed by atoms with Crippen molar-refractivity contribution in [1.82, 2.24) is 9.97 Å². The number of hydrogen-bond acceptors (Lipinski definition) is 5. The molecule has 0 aliphatic heterocycles. The molecule has 2 heterocycles. The number of carbonyl (C=O) groups excluding carboxylic acids is 1. The number of fused-ring (bicyclic) bond motifs is 3. The third-order valence-corrected chi connectivity index (χ3v) is 6.61. The van der Waals surface area contributed by atoms with Crippen molar-refractivity contribution in [2.24, 2.45) is 5.92 Å². The minimum atomic E-state index is -0.409. The number of nitrogens with zero attached hydrogens (tertiary/aromatic N) is 1. The van der Waals surface area contributed by atoms with Gasteiger partial charge in [0.1, 0.15) is 10.6 Å². The lowest BCUT2D eigenvalue weighted by Gasteiger charge is -2.17. The maximum absolute atomic E-state index is 13.2. The van der Waals surface area contributed by atoms with Crippen molar-refractivity contribution in [2.45, 2.75) is 31.3 Å². The minimum Gasteiger partial charge on any atom is -0.325 e. The zero-order chi connectivity index (χ0) is 19.0. The Morgan fingerprint density at radius 1 is 1.48 bits per heavy atom. The maximum Gasteiger partial charge on any atom is 0.260 e. The van der Waals surface area contributed by atoms with Crippen LogP contribution in [-0.4, -0.2) is 21.6 Å². The first-order valence-electron chi connectivity index (χ1n) is 8.72. The molecule has 5 nitrogen and oxygen atoms in total. The molecule has 0 spiro atoms. The van der Waals surface area contributed by atoms with E-state index in [0.29, 0.717) is 22.1 Å². The summed E-state index contributed by atoms with van der Waals surface area (Å²) in [6, 6.07) is 5.72. The third-order valence-electron chi connectivity index (χ3n) is 4.59. The van der Waals surface area contributed by atoms with Gasteiger partial charge in [0, 0.05) is 10.6 Å². The molecule has 0 saturated heterocycles. The lowest BCUT2D eigenvalue weighted by atomic mass is 9.89. The highest BCUT2D eigenvalue weighted by molar-refractivity contribution is 7.99. The normalized spacial score (nSPS) is 16.3. The van der Waals surface area contributed by atoms with Crippen LogP contribution in [0.25, 0.3) is 10.2 Å². The first kappa shape index (κ1) is 18.2. The molecule has 0 saturated carbocycles. The Morgan fingerprint density at radius 3 is 3.15 bits per heavy atom. The van der Waals surface area contributed by atoms with Gasteiger partial charge in [-0.1, -0.05) is 24.8 Å². The molecule has 2 aromatic heterocycles. The van der Waals surface area contributed by atoms with Crippen molar-refractivity contribution < 1.29 is 9.18 Å². The molecule has 0 radical (unpaired) electrons. The molecule has 1 aromatic carbocycles. The Bertz CT molecular complexity index is 1080. The zero-order valence-corrected chi connectivity index (χ0v) is 16.3. The summed E-state index contributed by atoms with van der Waals surface area (Å²) in [6.07, 6.45) is 3.01. The molecule has 2 N–H and O–H groups in total. The van der Waals surface area contributed by atoms with Crippen molar-refractivity contribution in [2.75, 3.05) is 11.1 Å². The monoisotopic (exact) mass is 403 g/mol. The third kappa shape index (κ3) is 3.91. The molecule has 4 rings (SSSR count). The van der Waals surface area contributed by atoms with Crippen LogP contribution in [-0.2, 0) is 17.6 Å². The van der Waals surface area contributed by atoms with Crippen LogP contribution in [0.2, 0.25) is 0 Å². The van der Waals surface area contributed by atoms with Crippen LogP contribution in [0.5, 0.6) is 0 Å². The average Bonchev–Trinajstić information content (AvgIpc) is 2.97. The molecule has 3 aromatic rings. The molecule has 0 unspecified atom stereocenters. The first-order chi connectivity index (χ1) is 13.0. The number of thiophene rings is 1. The largest absolute Gasteiger partial charge is 0.325 e. The maximum atomic E-state index is 13.2. The van der Waals surface area contributed by atoms with E-state index < -0.39 is 5.82 Å². The standard InChI is InChI=1S/C19H18FN3O2S2/c1-10-5-6-13-14(7-10)27-18-16(13)17(25)22-19(23-18)26-9-15(24)21-12-4-2-3-11(20)8-12/h2-4,8,10H,5-7,9H2,1H3,(H,21,24)(H,22,23,25)/t10-/m1/s1. The van der Waals surface area contributed by atoms with Crippen molar-refractivity contribution in [3.05, 3.63) is 50.9 Å². The number of rotatable bonds is 4. The molecule has 27 heavy (non-hydrogen) atoms. The number of benzene rings is 1. The van der Waals surface area contributed by atoms with E-state index in [-0.39, 0.29) is 17.2 Å². The number of halogens is 1. The predicted molar refractivity (Wildman–Crippen MR) is 107 cm³/mol. The molecule has 1 amide bonds. The summed E-state index contributed by atoms with van der Waals surface area (Å²) < 4.78 is 13.2. The number of nitrogens with one attached hydrogen (secondary N) is 2. The highest BCUT2D eigenvalue weighted by Gasteiger charge is 2.23. The fourth-order valence-electron chi connectivity index (χ4n) is 3.29. The van der Waals surface area contributed by atoms with Gasteiger partial charge in [-0.05, 0) is 48.9 Å². The molecule has 1 aliphatic carbocycles. The summed E-state index contributed by atoms with van der Waals surface area (Å²) in [4.78, 5) is 33.9. The number of amides is 1. The number of anilines is 1. The number of thioether (sulfide) groups is 1. The van der Waals surface area contributed by atoms with Gasteiger partial charge in [0.25, 0.3) is 5.56 Å². The van der Waals surface area contributed by atoms with Gasteiger partial charge >= 0.3 is 0 Å². The number of carbonyl (C=O) groups is 1. The molecular weight excluding hydrogens is 385 g/mol. The zero-order valence-electron chi connectivity index (χ0n) is 14.7. The second-order valence-electron chi connectivity index (χ2n) is 6.75. The van der Waals surface area contributed by atoms with E-state index in [1.165, 1.54) is 23.1 Å². The van der Waals surface area contributed by atoms with Gasteiger partial charge in [-0.15, -0.1) is 11.3 Å². The van der Waals surface area contributed by atoms with Crippen molar-refractivity contribution >= 4 is 44.9 Å². The van der Waals surface area contributed by atoms with Gasteiger partial charge in [-0.25, -0.2) is 9.37 Å². The summed E-state index contributed by atoms with van der Waals surface area (Å²) in [5.74, 6) is 0.0122. The number of aromatic nitrogens is 2. The van der Waals surface area contributed by atoms with Gasteiger partial charge in [-0.3, -0.25) is 9.59 Å². The Kier molecular flexibility index (Phi) is 5.01. The van der Waals surface area contributed by atoms with Crippen molar-refractivity contribution in [1.29, 1.82) is 0 Å². The molecule has 1 atom stereocenters. The van der Waals surface area contributed by atoms with E-state index in [1.807, 2.05) is 0 Å². The Hall–Kier alpha value is -2.19. The average molecular weight is 404 g/mol. The van der Waals surface area contributed by atoms with E-state index in [1.54, 1.807) is 17.4 Å². The van der Waals surface area contributed by atoms with Gasteiger partial charge in [0.15, 0.2) is 5.16 Å². The Balaban J connectivity index is 1.49. The molecule has 0 bridgehead atoms. The lowest BCUT2D eigenvalue weighted by Crippen LogP contribution is -2.16. The van der Waals surface area contributed by atoms with E-state index >= 15 is 0 Å². The minimum absolute atomic E-state index is 0.0765. The molecular formula is C19H18FN3O2S2.